The highest BCUT2D eigenvalue weighted by molar-refractivity contribution is 5.93. The van der Waals surface area contributed by atoms with E-state index in [1.807, 2.05) is 24.3 Å². The number of hydrogen-bond donors (Lipinski definition) is 2. The van der Waals surface area contributed by atoms with Crippen LogP contribution in [0.2, 0.25) is 0 Å². The van der Waals surface area contributed by atoms with Gasteiger partial charge in [0.25, 0.3) is 5.91 Å². The Labute approximate surface area is 116 Å². The lowest BCUT2D eigenvalue weighted by Crippen LogP contribution is -2.28. The van der Waals surface area contributed by atoms with Crippen molar-refractivity contribution >= 4 is 11.9 Å². The van der Waals surface area contributed by atoms with Gasteiger partial charge in [0.1, 0.15) is 12.3 Å². The molecule has 0 saturated heterocycles. The maximum atomic E-state index is 11.6. The molecule has 1 amide bonds. The minimum atomic E-state index is -1.10. The summed E-state index contributed by atoms with van der Waals surface area (Å²) >= 11 is 0. The highest BCUT2D eigenvalue weighted by atomic mass is 16.4. The highest BCUT2D eigenvalue weighted by Gasteiger charge is 2.12. The van der Waals surface area contributed by atoms with E-state index < -0.39 is 18.4 Å². The Morgan fingerprint density at radius 3 is 2.45 bits per heavy atom. The second-order valence-electron chi connectivity index (χ2n) is 4.29. The zero-order chi connectivity index (χ0) is 14.5. The van der Waals surface area contributed by atoms with Gasteiger partial charge < -0.3 is 14.8 Å². The van der Waals surface area contributed by atoms with E-state index in [1.165, 1.54) is 11.6 Å². The van der Waals surface area contributed by atoms with Crippen LogP contribution in [0.5, 0.6) is 0 Å². The average Bonchev–Trinajstić information content (AvgIpc) is 2.94. The van der Waals surface area contributed by atoms with E-state index in [-0.39, 0.29) is 5.76 Å². The van der Waals surface area contributed by atoms with Gasteiger partial charge in [-0.05, 0) is 24.1 Å². The number of carbonyl (C=O) groups is 2. The Kier molecular flexibility index (Phi) is 4.20. The van der Waals surface area contributed by atoms with Crippen LogP contribution in [0.1, 0.15) is 23.0 Å². The van der Waals surface area contributed by atoms with Gasteiger partial charge in [-0.3, -0.25) is 9.59 Å². The van der Waals surface area contributed by atoms with Crippen molar-refractivity contribution in [1.82, 2.24) is 5.32 Å². The molecule has 0 radical (unpaired) electrons. The summed E-state index contributed by atoms with van der Waals surface area (Å²) in [6.07, 6.45) is 0.960. The van der Waals surface area contributed by atoms with Gasteiger partial charge in [-0.25, -0.2) is 0 Å². The third-order valence-corrected chi connectivity index (χ3v) is 2.88. The number of benzene rings is 1. The molecule has 5 nitrogen and oxygen atoms in total. The quantitative estimate of drug-likeness (QED) is 0.876. The Morgan fingerprint density at radius 1 is 1.15 bits per heavy atom. The molecular formula is C15H15NO4. The van der Waals surface area contributed by atoms with Crippen LogP contribution in [0.25, 0.3) is 11.3 Å². The summed E-state index contributed by atoms with van der Waals surface area (Å²) in [4.78, 5) is 22.0. The van der Waals surface area contributed by atoms with Crippen LogP contribution < -0.4 is 5.32 Å². The molecular weight excluding hydrogens is 258 g/mol. The highest BCUT2D eigenvalue weighted by Crippen LogP contribution is 2.22. The van der Waals surface area contributed by atoms with Crippen molar-refractivity contribution in [3.05, 3.63) is 47.7 Å². The molecule has 2 aromatic rings. The van der Waals surface area contributed by atoms with Gasteiger partial charge in [0, 0.05) is 5.56 Å². The summed E-state index contributed by atoms with van der Waals surface area (Å²) in [6, 6.07) is 11.1. The van der Waals surface area contributed by atoms with E-state index in [0.29, 0.717) is 5.76 Å². The second-order valence-corrected chi connectivity index (χ2v) is 4.29. The normalized spacial score (nSPS) is 10.2. The molecule has 1 aromatic carbocycles. The number of carbonyl (C=O) groups excluding carboxylic acids is 1. The lowest BCUT2D eigenvalue weighted by atomic mass is 10.1. The molecule has 5 heteroatoms. The minimum absolute atomic E-state index is 0.0980. The van der Waals surface area contributed by atoms with Crippen LogP contribution in [0.15, 0.2) is 40.8 Å². The van der Waals surface area contributed by atoms with Crippen LogP contribution in [-0.4, -0.2) is 23.5 Å². The molecule has 0 bridgehead atoms. The van der Waals surface area contributed by atoms with Gasteiger partial charge in [-0.1, -0.05) is 31.2 Å². The van der Waals surface area contributed by atoms with Crippen molar-refractivity contribution in [1.29, 1.82) is 0 Å². The topological polar surface area (TPSA) is 79.5 Å². The SMILES string of the molecule is CCc1ccc(-c2ccc(C(=O)NCC(=O)O)o2)cc1. The number of furan rings is 1. The standard InChI is InChI=1S/C15H15NO4/c1-2-10-3-5-11(6-4-10)12-7-8-13(20-12)15(19)16-9-14(17)18/h3-8H,2,9H2,1H3,(H,16,19)(H,17,18). The van der Waals surface area contributed by atoms with Gasteiger partial charge in [-0.2, -0.15) is 0 Å². The average molecular weight is 273 g/mol. The molecule has 0 aliphatic rings. The van der Waals surface area contributed by atoms with Gasteiger partial charge in [0.15, 0.2) is 5.76 Å². The van der Waals surface area contributed by atoms with Crippen LogP contribution >= 0.6 is 0 Å². The summed E-state index contributed by atoms with van der Waals surface area (Å²) in [6.45, 7) is 1.65. The van der Waals surface area contributed by atoms with E-state index in [0.717, 1.165) is 12.0 Å². The summed E-state index contributed by atoms with van der Waals surface area (Å²) in [5.41, 5.74) is 2.10. The smallest absolute Gasteiger partial charge is 0.322 e. The molecule has 2 rings (SSSR count). The molecule has 0 unspecified atom stereocenters. The summed E-state index contributed by atoms with van der Waals surface area (Å²) in [7, 11) is 0. The van der Waals surface area contributed by atoms with Crippen LogP contribution in [0.4, 0.5) is 0 Å². The predicted octanol–water partition coefficient (Wildman–Crippen LogP) is 2.32. The number of carboxylic acid groups (broad SMARTS) is 1. The van der Waals surface area contributed by atoms with Crippen LogP contribution in [0.3, 0.4) is 0 Å². The van der Waals surface area contributed by atoms with Crippen molar-refractivity contribution in [2.45, 2.75) is 13.3 Å². The van der Waals surface area contributed by atoms with E-state index in [2.05, 4.69) is 12.2 Å². The van der Waals surface area contributed by atoms with Crippen molar-refractivity contribution < 1.29 is 19.1 Å². The van der Waals surface area contributed by atoms with Crippen molar-refractivity contribution in [2.24, 2.45) is 0 Å². The molecule has 2 N–H and O–H groups in total. The molecule has 1 aromatic heterocycles. The van der Waals surface area contributed by atoms with Gasteiger partial charge in [-0.15, -0.1) is 0 Å². The van der Waals surface area contributed by atoms with Crippen molar-refractivity contribution in [3.63, 3.8) is 0 Å². The number of carboxylic acids is 1. The number of aliphatic carboxylic acids is 1. The maximum absolute atomic E-state index is 11.6. The zero-order valence-corrected chi connectivity index (χ0v) is 11.1. The molecule has 1 heterocycles. The summed E-state index contributed by atoms with van der Waals surface area (Å²) < 4.78 is 5.43. The van der Waals surface area contributed by atoms with Crippen LogP contribution in [0, 0.1) is 0 Å². The Morgan fingerprint density at radius 2 is 1.85 bits per heavy atom. The Balaban J connectivity index is 2.11. The molecule has 0 fully saturated rings. The first-order valence-electron chi connectivity index (χ1n) is 6.29. The predicted molar refractivity (Wildman–Crippen MR) is 73.5 cm³/mol. The molecule has 20 heavy (non-hydrogen) atoms. The molecule has 0 atom stereocenters. The summed E-state index contributed by atoms with van der Waals surface area (Å²) in [5.74, 6) is -0.960. The largest absolute Gasteiger partial charge is 0.480 e. The fourth-order valence-corrected chi connectivity index (χ4v) is 1.76. The minimum Gasteiger partial charge on any atom is -0.480 e. The van der Waals surface area contributed by atoms with E-state index in [9.17, 15) is 9.59 Å². The molecule has 0 spiro atoms. The zero-order valence-electron chi connectivity index (χ0n) is 11.1. The number of hydrogen-bond acceptors (Lipinski definition) is 3. The van der Waals surface area contributed by atoms with Gasteiger partial charge in [0.05, 0.1) is 0 Å². The number of aryl methyl sites for hydroxylation is 1. The first-order chi connectivity index (χ1) is 9.60. The third-order valence-electron chi connectivity index (χ3n) is 2.88. The van der Waals surface area contributed by atoms with E-state index >= 15 is 0 Å². The Hall–Kier alpha value is -2.56. The number of rotatable bonds is 5. The van der Waals surface area contributed by atoms with Crippen LogP contribution in [-0.2, 0) is 11.2 Å². The number of amides is 1. The van der Waals surface area contributed by atoms with Gasteiger partial charge >= 0.3 is 5.97 Å². The lowest BCUT2D eigenvalue weighted by molar-refractivity contribution is -0.135. The fraction of sp³-hybridized carbons (Fsp3) is 0.200. The van der Waals surface area contributed by atoms with E-state index in [4.69, 9.17) is 9.52 Å². The monoisotopic (exact) mass is 273 g/mol. The van der Waals surface area contributed by atoms with Crippen molar-refractivity contribution in [2.75, 3.05) is 6.54 Å². The molecule has 104 valence electrons. The molecule has 0 aliphatic carbocycles. The van der Waals surface area contributed by atoms with Gasteiger partial charge in [0.2, 0.25) is 0 Å². The molecule has 0 saturated carbocycles. The Bertz CT molecular complexity index is 613. The van der Waals surface area contributed by atoms with E-state index in [1.54, 1.807) is 6.07 Å². The summed E-state index contributed by atoms with van der Waals surface area (Å²) in [5, 5.41) is 10.7. The number of nitrogens with one attached hydrogen (secondary N) is 1. The maximum Gasteiger partial charge on any atom is 0.322 e. The first kappa shape index (κ1) is 13.9. The van der Waals surface area contributed by atoms with Crippen molar-refractivity contribution in [3.8, 4) is 11.3 Å². The molecule has 0 aliphatic heterocycles. The second kappa shape index (κ2) is 6.06. The third kappa shape index (κ3) is 3.26. The first-order valence-corrected chi connectivity index (χ1v) is 6.29. The lowest BCUT2D eigenvalue weighted by Gasteiger charge is -2.00. The fourth-order valence-electron chi connectivity index (χ4n) is 1.76.